The van der Waals surface area contributed by atoms with Crippen molar-refractivity contribution in [2.24, 2.45) is 5.92 Å². The molecule has 0 bridgehead atoms. The summed E-state index contributed by atoms with van der Waals surface area (Å²) in [4.78, 5) is 2.24. The predicted octanol–water partition coefficient (Wildman–Crippen LogP) is 5.12. The molecule has 0 aliphatic rings. The van der Waals surface area contributed by atoms with Gasteiger partial charge in [-0.2, -0.15) is 0 Å². The number of nitrogens with one attached hydrogen (secondary N) is 1. The van der Waals surface area contributed by atoms with Crippen LogP contribution in [0.25, 0.3) is 10.4 Å². The first-order chi connectivity index (χ1) is 9.02. The number of halogens is 2. The molecule has 102 valence electrons. The average molecular weight is 298 g/mol. The minimum absolute atomic E-state index is 0.261. The molecule has 0 aliphatic heterocycles. The van der Waals surface area contributed by atoms with Crippen molar-refractivity contribution >= 4 is 22.9 Å². The maximum atomic E-state index is 13.3. The van der Waals surface area contributed by atoms with Crippen molar-refractivity contribution in [3.8, 4) is 10.4 Å². The summed E-state index contributed by atoms with van der Waals surface area (Å²) in [5, 5.41) is 3.90. The van der Waals surface area contributed by atoms with Crippen LogP contribution in [0, 0.1) is 11.7 Å². The Kier molecular flexibility index (Phi) is 4.61. The number of hydrogen-bond acceptors (Lipinski definition) is 2. The molecule has 1 aromatic carbocycles. The monoisotopic (exact) mass is 297 g/mol. The lowest BCUT2D eigenvalue weighted by molar-refractivity contribution is 0.449. The van der Waals surface area contributed by atoms with Gasteiger partial charge in [0.15, 0.2) is 0 Å². The van der Waals surface area contributed by atoms with Gasteiger partial charge in [0, 0.05) is 26.4 Å². The predicted molar refractivity (Wildman–Crippen MR) is 81.4 cm³/mol. The Bertz CT molecular complexity index is 565. The van der Waals surface area contributed by atoms with Crippen LogP contribution in [-0.4, -0.2) is 7.05 Å². The number of rotatable bonds is 4. The van der Waals surface area contributed by atoms with Gasteiger partial charge in [0.2, 0.25) is 0 Å². The van der Waals surface area contributed by atoms with Crippen molar-refractivity contribution in [2.45, 2.75) is 19.9 Å². The normalized spacial score (nSPS) is 12.9. The zero-order chi connectivity index (χ0) is 14.0. The molecule has 2 aromatic rings. The van der Waals surface area contributed by atoms with Gasteiger partial charge in [-0.25, -0.2) is 4.39 Å². The fourth-order valence-electron chi connectivity index (χ4n) is 2.16. The van der Waals surface area contributed by atoms with Gasteiger partial charge in [-0.05, 0) is 43.3 Å². The van der Waals surface area contributed by atoms with E-state index in [1.54, 1.807) is 17.4 Å². The Morgan fingerprint density at radius 2 is 1.95 bits per heavy atom. The Labute approximate surface area is 122 Å². The van der Waals surface area contributed by atoms with Crippen molar-refractivity contribution in [1.82, 2.24) is 5.32 Å². The molecular weight excluding hydrogens is 281 g/mol. The minimum Gasteiger partial charge on any atom is -0.312 e. The van der Waals surface area contributed by atoms with Crippen LogP contribution in [0.5, 0.6) is 0 Å². The Hall–Kier alpha value is -0.900. The van der Waals surface area contributed by atoms with Gasteiger partial charge < -0.3 is 5.32 Å². The molecule has 0 saturated heterocycles. The third-order valence-corrected chi connectivity index (χ3v) is 4.64. The molecule has 4 heteroatoms. The van der Waals surface area contributed by atoms with Crippen LogP contribution < -0.4 is 5.32 Å². The lowest BCUT2D eigenvalue weighted by atomic mass is 10.0. The highest BCUT2D eigenvalue weighted by Crippen LogP contribution is 2.37. The summed E-state index contributed by atoms with van der Waals surface area (Å²) < 4.78 is 13.3. The number of hydrogen-bond donors (Lipinski definition) is 1. The van der Waals surface area contributed by atoms with Crippen molar-refractivity contribution in [2.75, 3.05) is 7.05 Å². The molecule has 1 unspecified atom stereocenters. The topological polar surface area (TPSA) is 12.0 Å². The van der Waals surface area contributed by atoms with E-state index in [0.717, 1.165) is 10.4 Å². The smallest absolute Gasteiger partial charge is 0.123 e. The third-order valence-electron chi connectivity index (χ3n) is 3.10. The molecule has 1 nitrogen and oxygen atoms in total. The molecule has 0 amide bonds. The summed E-state index contributed by atoms with van der Waals surface area (Å²) in [6.07, 6.45) is 0. The zero-order valence-electron chi connectivity index (χ0n) is 11.2. The van der Waals surface area contributed by atoms with Crippen LogP contribution in [0.15, 0.2) is 30.3 Å². The summed E-state index contributed by atoms with van der Waals surface area (Å²) in [5.41, 5.74) is 0.761. The van der Waals surface area contributed by atoms with E-state index < -0.39 is 0 Å². The highest BCUT2D eigenvalue weighted by atomic mass is 35.5. The third kappa shape index (κ3) is 3.16. The summed E-state index contributed by atoms with van der Waals surface area (Å²) >= 11 is 7.80. The van der Waals surface area contributed by atoms with E-state index in [4.69, 9.17) is 11.6 Å². The molecular formula is C15H17ClFNS. The van der Waals surface area contributed by atoms with Crippen molar-refractivity contribution in [3.05, 3.63) is 46.0 Å². The Morgan fingerprint density at radius 1 is 1.21 bits per heavy atom. The van der Waals surface area contributed by atoms with Gasteiger partial charge >= 0.3 is 0 Å². The van der Waals surface area contributed by atoms with E-state index in [1.807, 2.05) is 13.1 Å². The van der Waals surface area contributed by atoms with E-state index >= 15 is 0 Å². The lowest BCUT2D eigenvalue weighted by Crippen LogP contribution is -2.20. The van der Waals surface area contributed by atoms with Crippen LogP contribution in [-0.2, 0) is 0 Å². The van der Waals surface area contributed by atoms with Crippen LogP contribution in [0.1, 0.15) is 24.8 Å². The van der Waals surface area contributed by atoms with Crippen molar-refractivity contribution in [3.63, 3.8) is 0 Å². The van der Waals surface area contributed by atoms with Gasteiger partial charge in [-0.15, -0.1) is 11.3 Å². The molecule has 2 rings (SSSR count). The first kappa shape index (κ1) is 14.5. The van der Waals surface area contributed by atoms with E-state index in [-0.39, 0.29) is 5.82 Å². The van der Waals surface area contributed by atoms with E-state index in [0.29, 0.717) is 17.0 Å². The van der Waals surface area contributed by atoms with Crippen molar-refractivity contribution < 1.29 is 4.39 Å². The van der Waals surface area contributed by atoms with Gasteiger partial charge in [0.1, 0.15) is 5.82 Å². The first-order valence-electron chi connectivity index (χ1n) is 6.25. The van der Waals surface area contributed by atoms with E-state index in [1.165, 1.54) is 17.0 Å². The average Bonchev–Trinajstić information content (AvgIpc) is 2.82. The Balaban J connectivity index is 2.38. The molecule has 1 heterocycles. The summed E-state index contributed by atoms with van der Waals surface area (Å²) in [6.45, 7) is 4.35. The highest BCUT2D eigenvalue weighted by molar-refractivity contribution is 7.15. The molecule has 1 aromatic heterocycles. The van der Waals surface area contributed by atoms with Gasteiger partial charge in [0.25, 0.3) is 0 Å². The second-order valence-electron chi connectivity index (χ2n) is 4.84. The number of thiophene rings is 1. The minimum atomic E-state index is -0.261. The first-order valence-corrected chi connectivity index (χ1v) is 7.44. The maximum Gasteiger partial charge on any atom is 0.123 e. The Morgan fingerprint density at radius 3 is 2.58 bits per heavy atom. The standard InChI is InChI=1S/C15H17ClFNS/c1-9(2)15(18-3)14-7-6-13(19-14)11-8-10(17)4-5-12(11)16/h4-9,15,18H,1-3H3. The quantitative estimate of drug-likeness (QED) is 0.825. The van der Waals surface area contributed by atoms with E-state index in [9.17, 15) is 4.39 Å². The molecule has 19 heavy (non-hydrogen) atoms. The van der Waals surface area contributed by atoms with Crippen LogP contribution >= 0.6 is 22.9 Å². The summed E-state index contributed by atoms with van der Waals surface area (Å²) in [5.74, 6) is 0.239. The van der Waals surface area contributed by atoms with Crippen molar-refractivity contribution in [1.29, 1.82) is 0 Å². The molecule has 0 radical (unpaired) electrons. The van der Waals surface area contributed by atoms with Crippen LogP contribution in [0.2, 0.25) is 5.02 Å². The SMILES string of the molecule is CNC(c1ccc(-c2cc(F)ccc2Cl)s1)C(C)C. The second kappa shape index (κ2) is 6.04. The zero-order valence-corrected chi connectivity index (χ0v) is 12.8. The summed E-state index contributed by atoms with van der Waals surface area (Å²) in [6, 6.07) is 8.87. The molecule has 0 aliphatic carbocycles. The molecule has 0 saturated carbocycles. The van der Waals surface area contributed by atoms with Crippen LogP contribution in [0.4, 0.5) is 4.39 Å². The lowest BCUT2D eigenvalue weighted by Gasteiger charge is -2.18. The maximum absolute atomic E-state index is 13.3. The largest absolute Gasteiger partial charge is 0.312 e. The fourth-order valence-corrected chi connectivity index (χ4v) is 3.75. The summed E-state index contributed by atoms with van der Waals surface area (Å²) in [7, 11) is 1.96. The molecule has 0 fully saturated rings. The highest BCUT2D eigenvalue weighted by Gasteiger charge is 2.17. The molecule has 0 spiro atoms. The van der Waals surface area contributed by atoms with Crippen LogP contribution in [0.3, 0.4) is 0 Å². The molecule has 1 N–H and O–H groups in total. The second-order valence-corrected chi connectivity index (χ2v) is 6.36. The van der Waals surface area contributed by atoms with E-state index in [2.05, 4.69) is 25.2 Å². The van der Waals surface area contributed by atoms with Gasteiger partial charge in [-0.3, -0.25) is 0 Å². The molecule has 1 atom stereocenters. The van der Waals surface area contributed by atoms with Gasteiger partial charge in [-0.1, -0.05) is 25.4 Å². The number of benzene rings is 1. The van der Waals surface area contributed by atoms with Gasteiger partial charge in [0.05, 0.1) is 0 Å². The fraction of sp³-hybridized carbons (Fsp3) is 0.333.